The molecular formula is C44H60N8O9. The number of fused-ring (bicyclic) bond motifs is 2. The summed E-state index contributed by atoms with van der Waals surface area (Å²) in [5, 5.41) is 34.6. The van der Waals surface area contributed by atoms with Crippen molar-refractivity contribution in [3.8, 4) is 0 Å². The van der Waals surface area contributed by atoms with E-state index in [0.29, 0.717) is 18.4 Å². The summed E-state index contributed by atoms with van der Waals surface area (Å²) in [5.74, 6) is -7.71. The van der Waals surface area contributed by atoms with Crippen LogP contribution in [0.3, 0.4) is 0 Å². The quantitative estimate of drug-likeness (QED) is 0.0521. The first-order valence-electron chi connectivity index (χ1n) is 20.8. The summed E-state index contributed by atoms with van der Waals surface area (Å²) >= 11 is 0. The first-order chi connectivity index (χ1) is 28.9. The number of benzene rings is 2. The van der Waals surface area contributed by atoms with Crippen LogP contribution in [-0.4, -0.2) is 97.9 Å². The number of amides is 5. The molecule has 5 amide bonds. The predicted molar refractivity (Wildman–Crippen MR) is 230 cm³/mol. The van der Waals surface area contributed by atoms with Crippen molar-refractivity contribution in [1.29, 1.82) is 0 Å². The van der Waals surface area contributed by atoms with Crippen LogP contribution in [0, 0.1) is 17.8 Å². The molecule has 0 aliphatic rings. The fraction of sp³-hybridized carbons (Fsp3) is 0.477. The average molecular weight is 845 g/mol. The number of carbonyl (C=O) groups is 7. The summed E-state index contributed by atoms with van der Waals surface area (Å²) in [6, 6.07) is 7.17. The van der Waals surface area contributed by atoms with Crippen LogP contribution in [0.1, 0.15) is 78.4 Å². The molecule has 330 valence electrons. The summed E-state index contributed by atoms with van der Waals surface area (Å²) < 4.78 is 0. The Kier molecular flexibility index (Phi) is 17.0. The number of H-pyrrole nitrogens is 2. The van der Waals surface area contributed by atoms with Crippen molar-refractivity contribution in [3.05, 3.63) is 72.1 Å². The lowest BCUT2D eigenvalue weighted by atomic mass is 9.94. The van der Waals surface area contributed by atoms with Gasteiger partial charge < -0.3 is 52.5 Å². The Morgan fingerprint density at radius 1 is 0.590 bits per heavy atom. The number of hydrogen-bond acceptors (Lipinski definition) is 8. The third-order valence-electron chi connectivity index (χ3n) is 11.1. The molecule has 2 heterocycles. The zero-order valence-corrected chi connectivity index (χ0v) is 35.5. The van der Waals surface area contributed by atoms with Crippen LogP contribution in [0.2, 0.25) is 0 Å². The predicted octanol–water partition coefficient (Wildman–Crippen LogP) is 2.88. The maximum absolute atomic E-state index is 14.0. The molecule has 61 heavy (non-hydrogen) atoms. The SMILES string of the molecule is CC[C@H](C)[C@H](NC(=O)[C@H](CC(=O)O)NC(=O)[C@H](CC(C)C)NC(=O)[C@@H](N)Cc1c[nH]c2ccccc12)C(=O)N[C@H](C(=O)N[C@@H](Cc1c[nH]c2ccccc12)C(=O)O)[C@@H](C)CC. The second kappa shape index (κ2) is 21.9. The van der Waals surface area contributed by atoms with Crippen molar-refractivity contribution in [2.75, 3.05) is 0 Å². The van der Waals surface area contributed by atoms with Gasteiger partial charge in [0.05, 0.1) is 12.5 Å². The number of nitrogens with one attached hydrogen (secondary N) is 7. The van der Waals surface area contributed by atoms with E-state index in [0.717, 1.165) is 27.4 Å². The Balaban J connectivity index is 1.48. The Hall–Kier alpha value is -6.23. The lowest BCUT2D eigenvalue weighted by Gasteiger charge is -2.30. The monoisotopic (exact) mass is 844 g/mol. The lowest BCUT2D eigenvalue weighted by molar-refractivity contribution is -0.142. The number of carboxylic acids is 2. The van der Waals surface area contributed by atoms with Gasteiger partial charge in [0.25, 0.3) is 0 Å². The van der Waals surface area contributed by atoms with Gasteiger partial charge in [0, 0.05) is 40.6 Å². The van der Waals surface area contributed by atoms with Gasteiger partial charge in [0.2, 0.25) is 29.5 Å². The number of aromatic nitrogens is 2. The van der Waals surface area contributed by atoms with E-state index in [2.05, 4.69) is 36.6 Å². The van der Waals surface area contributed by atoms with Crippen molar-refractivity contribution in [1.82, 2.24) is 36.6 Å². The number of hydrogen-bond donors (Lipinski definition) is 10. The number of para-hydroxylation sites is 2. The van der Waals surface area contributed by atoms with Crippen LogP contribution in [0.25, 0.3) is 21.8 Å². The molecule has 0 radical (unpaired) electrons. The third kappa shape index (κ3) is 12.9. The van der Waals surface area contributed by atoms with Crippen LogP contribution in [-0.2, 0) is 46.4 Å². The minimum Gasteiger partial charge on any atom is -0.481 e. The molecule has 0 bridgehead atoms. The minimum absolute atomic E-state index is 0.0337. The third-order valence-corrected chi connectivity index (χ3v) is 11.1. The zero-order chi connectivity index (χ0) is 45.0. The largest absolute Gasteiger partial charge is 0.481 e. The van der Waals surface area contributed by atoms with Gasteiger partial charge in [0.15, 0.2) is 0 Å². The molecule has 0 fully saturated rings. The fourth-order valence-electron chi connectivity index (χ4n) is 7.15. The molecule has 2 aromatic carbocycles. The highest BCUT2D eigenvalue weighted by molar-refractivity contribution is 5.98. The van der Waals surface area contributed by atoms with Gasteiger partial charge >= 0.3 is 11.9 Å². The summed E-state index contributed by atoms with van der Waals surface area (Å²) in [5.41, 5.74) is 9.46. The summed E-state index contributed by atoms with van der Waals surface area (Å²) in [6.45, 7) is 10.6. The van der Waals surface area contributed by atoms with Crippen molar-refractivity contribution in [2.45, 2.75) is 116 Å². The molecule has 4 rings (SSSR count). The van der Waals surface area contributed by atoms with E-state index in [1.165, 1.54) is 0 Å². The Bertz CT molecular complexity index is 2180. The summed E-state index contributed by atoms with van der Waals surface area (Å²) in [7, 11) is 0. The molecule has 17 nitrogen and oxygen atoms in total. The van der Waals surface area contributed by atoms with E-state index in [4.69, 9.17) is 5.73 Å². The molecule has 17 heteroatoms. The molecule has 4 aromatic rings. The Morgan fingerprint density at radius 2 is 1.03 bits per heavy atom. The van der Waals surface area contributed by atoms with Crippen molar-refractivity contribution in [2.24, 2.45) is 23.5 Å². The highest BCUT2D eigenvalue weighted by atomic mass is 16.4. The van der Waals surface area contributed by atoms with E-state index < -0.39 is 96.0 Å². The Labute approximate surface area is 354 Å². The van der Waals surface area contributed by atoms with Gasteiger partial charge in [-0.1, -0.05) is 90.8 Å². The van der Waals surface area contributed by atoms with Crippen LogP contribution in [0.15, 0.2) is 60.9 Å². The van der Waals surface area contributed by atoms with E-state index in [-0.39, 0.29) is 25.2 Å². The second-order valence-electron chi connectivity index (χ2n) is 16.2. The van der Waals surface area contributed by atoms with E-state index >= 15 is 0 Å². The lowest BCUT2D eigenvalue weighted by Crippen LogP contribution is -2.61. The van der Waals surface area contributed by atoms with Crippen LogP contribution < -0.4 is 32.3 Å². The summed E-state index contributed by atoms with van der Waals surface area (Å²) in [6.07, 6.45) is 3.67. The van der Waals surface area contributed by atoms with Crippen LogP contribution in [0.4, 0.5) is 0 Å². The highest BCUT2D eigenvalue weighted by Crippen LogP contribution is 2.21. The zero-order valence-electron chi connectivity index (χ0n) is 35.5. The van der Waals surface area contributed by atoms with Gasteiger partial charge in [-0.3, -0.25) is 28.8 Å². The van der Waals surface area contributed by atoms with Gasteiger partial charge in [-0.2, -0.15) is 0 Å². The highest BCUT2D eigenvalue weighted by Gasteiger charge is 2.37. The first-order valence-corrected chi connectivity index (χ1v) is 20.8. The normalized spacial score (nSPS) is 15.4. The number of carboxylic acid groups (broad SMARTS) is 2. The molecule has 0 aliphatic heterocycles. The molecule has 0 aliphatic carbocycles. The van der Waals surface area contributed by atoms with Gasteiger partial charge in [-0.05, 0) is 53.9 Å². The molecule has 2 aromatic heterocycles. The standard InChI is InChI=1S/C44H60N8O9/c1-7-24(5)37(42(58)50-35(44(60)61)19-27-22-47-32-16-12-10-14-29(27)32)52-43(59)38(25(6)8-2)51-41(57)34(20-36(53)54)49-40(56)33(17-23(3)4)48-39(55)30(45)18-26-21-46-31-15-11-9-13-28(26)31/h9-16,21-25,30,33-35,37-38,46-47H,7-8,17-20,45H2,1-6H3,(H,48,55)(H,49,56)(H,50,58)(H,51,57)(H,52,59)(H,53,54)(H,60,61)/t24-,25-,30-,33-,34-,35-,37-,38-/m0/s1. The van der Waals surface area contributed by atoms with Gasteiger partial charge in [-0.25, -0.2) is 4.79 Å². The van der Waals surface area contributed by atoms with Crippen LogP contribution in [0.5, 0.6) is 0 Å². The molecule has 0 spiro atoms. The van der Waals surface area contributed by atoms with E-state index in [1.807, 2.05) is 62.4 Å². The number of nitrogens with two attached hydrogens (primary N) is 1. The second-order valence-corrected chi connectivity index (χ2v) is 16.2. The molecule has 8 atom stereocenters. The topological polar surface area (TPSA) is 278 Å². The average Bonchev–Trinajstić information content (AvgIpc) is 3.83. The molecule has 0 saturated heterocycles. The van der Waals surface area contributed by atoms with Crippen molar-refractivity contribution < 1.29 is 43.8 Å². The number of carbonyl (C=O) groups excluding carboxylic acids is 5. The minimum atomic E-state index is -1.66. The maximum atomic E-state index is 14.0. The molecular weight excluding hydrogens is 785 g/mol. The van der Waals surface area contributed by atoms with Crippen molar-refractivity contribution >= 4 is 63.3 Å². The molecule has 0 saturated carbocycles. The molecule has 11 N–H and O–H groups in total. The van der Waals surface area contributed by atoms with Gasteiger partial charge in [-0.15, -0.1) is 0 Å². The Morgan fingerprint density at radius 3 is 1.52 bits per heavy atom. The fourth-order valence-corrected chi connectivity index (χ4v) is 7.15. The van der Waals surface area contributed by atoms with Crippen LogP contribution >= 0.6 is 0 Å². The summed E-state index contributed by atoms with van der Waals surface area (Å²) in [4.78, 5) is 99.3. The molecule has 0 unspecified atom stereocenters. The van der Waals surface area contributed by atoms with E-state index in [9.17, 15) is 43.8 Å². The maximum Gasteiger partial charge on any atom is 0.326 e. The number of rotatable bonds is 23. The van der Waals surface area contributed by atoms with E-state index in [1.54, 1.807) is 40.1 Å². The van der Waals surface area contributed by atoms with Crippen molar-refractivity contribution in [3.63, 3.8) is 0 Å². The first kappa shape index (κ1) is 47.4. The number of aromatic amines is 2. The smallest absolute Gasteiger partial charge is 0.326 e. The van der Waals surface area contributed by atoms with Gasteiger partial charge in [0.1, 0.15) is 30.2 Å². The number of aliphatic carboxylic acids is 2.